The molecule has 0 aromatic heterocycles. The number of hydrogen-bond acceptors (Lipinski definition) is 2. The molecule has 0 N–H and O–H groups in total. The minimum Gasteiger partial charge on any atom is -0.417 e. The molecule has 0 radical (unpaired) electrons. The van der Waals surface area contributed by atoms with Crippen LogP contribution in [0.15, 0.2) is 21.3 Å². The van der Waals surface area contributed by atoms with Gasteiger partial charge in [0.25, 0.3) is 0 Å². The van der Waals surface area contributed by atoms with Crippen molar-refractivity contribution in [1.29, 1.82) is 0 Å². The molecule has 1 aliphatic heterocycles. The highest BCUT2D eigenvalue weighted by molar-refractivity contribution is 14.1. The van der Waals surface area contributed by atoms with Gasteiger partial charge in [0, 0.05) is 0 Å². The molecule has 0 bridgehead atoms. The Labute approximate surface area is 69.9 Å². The van der Waals surface area contributed by atoms with E-state index in [0.717, 1.165) is 11.4 Å². The van der Waals surface area contributed by atoms with E-state index in [1.54, 1.807) is 0 Å². The van der Waals surface area contributed by atoms with E-state index in [4.69, 9.17) is 3.07 Å². The lowest BCUT2D eigenvalue weighted by molar-refractivity contribution is 0.723. The first kappa shape index (κ1) is 6.27. The minimum atomic E-state index is -0.375. The van der Waals surface area contributed by atoms with Crippen LogP contribution in [0.1, 0.15) is 5.56 Å². The third-order valence-electron chi connectivity index (χ3n) is 1.36. The number of fused-ring (bicyclic) bond motifs is 1. The molecular formula is C7H6INO. The summed E-state index contributed by atoms with van der Waals surface area (Å²) >= 11 is -0.375. The second-order valence-electron chi connectivity index (χ2n) is 2.20. The topological polar surface area (TPSA) is 21.6 Å². The lowest BCUT2D eigenvalue weighted by atomic mass is 10.2. The quantitative estimate of drug-likeness (QED) is 0.645. The number of halogens is 1. The van der Waals surface area contributed by atoms with Gasteiger partial charge in [0.2, 0.25) is 21.4 Å². The summed E-state index contributed by atoms with van der Waals surface area (Å²) in [7, 11) is 0. The van der Waals surface area contributed by atoms with E-state index in [-0.39, 0.29) is 21.4 Å². The van der Waals surface area contributed by atoms with Crippen molar-refractivity contribution in [3.63, 3.8) is 0 Å². The van der Waals surface area contributed by atoms with Crippen LogP contribution in [0, 0.1) is 6.92 Å². The maximum atomic E-state index is 5.30. The summed E-state index contributed by atoms with van der Waals surface area (Å²) in [6.07, 6.45) is 0. The van der Waals surface area contributed by atoms with E-state index in [9.17, 15) is 0 Å². The highest BCUT2D eigenvalue weighted by Crippen LogP contribution is 2.39. The third-order valence-corrected chi connectivity index (χ3v) is 2.75. The smallest absolute Gasteiger partial charge is 0.238 e. The predicted molar refractivity (Wildman–Crippen MR) is 47.9 cm³/mol. The molecule has 1 aromatic rings. The van der Waals surface area contributed by atoms with Crippen molar-refractivity contribution < 1.29 is 3.07 Å². The van der Waals surface area contributed by atoms with Crippen LogP contribution in [0.4, 0.5) is 5.69 Å². The number of rotatable bonds is 0. The fourth-order valence-electron chi connectivity index (χ4n) is 0.850. The maximum Gasteiger partial charge on any atom is 0.238 e. The molecule has 3 heteroatoms. The van der Waals surface area contributed by atoms with Crippen LogP contribution >= 0.6 is 21.4 Å². The highest BCUT2D eigenvalue weighted by atomic mass is 127. The molecule has 0 fully saturated rings. The zero-order valence-electron chi connectivity index (χ0n) is 5.47. The Morgan fingerprint density at radius 3 is 3.30 bits per heavy atom. The van der Waals surface area contributed by atoms with Crippen molar-refractivity contribution in [1.82, 2.24) is 0 Å². The van der Waals surface area contributed by atoms with Gasteiger partial charge in [-0.05, 0) is 24.6 Å². The fourth-order valence-corrected chi connectivity index (χ4v) is 2.12. The molecule has 1 aromatic carbocycles. The number of benzene rings is 1. The van der Waals surface area contributed by atoms with Gasteiger partial charge in [-0.3, -0.25) is 0 Å². The summed E-state index contributed by atoms with van der Waals surface area (Å²) in [6.45, 7) is 2.06. The molecule has 0 unspecified atom stereocenters. The molecule has 1 aliphatic rings. The van der Waals surface area contributed by atoms with Gasteiger partial charge in [0.15, 0.2) is 5.75 Å². The summed E-state index contributed by atoms with van der Waals surface area (Å²) in [4.78, 5) is 0. The van der Waals surface area contributed by atoms with E-state index in [1.165, 1.54) is 5.56 Å². The maximum absolute atomic E-state index is 5.30. The summed E-state index contributed by atoms with van der Waals surface area (Å²) < 4.78 is 9.54. The van der Waals surface area contributed by atoms with Gasteiger partial charge < -0.3 is 3.07 Å². The Balaban J connectivity index is 2.60. The Morgan fingerprint density at radius 1 is 1.50 bits per heavy atom. The second kappa shape index (κ2) is 2.30. The Kier molecular flexibility index (Phi) is 1.44. The van der Waals surface area contributed by atoms with Crippen molar-refractivity contribution in [2.24, 2.45) is 3.15 Å². The molecule has 52 valence electrons. The molecule has 0 spiro atoms. The van der Waals surface area contributed by atoms with Gasteiger partial charge in [0.1, 0.15) is 5.69 Å². The SMILES string of the molecule is Cc1ccc2c(c1)N=IO2. The molecule has 0 saturated carbocycles. The lowest BCUT2D eigenvalue weighted by Gasteiger charge is -1.94. The molecule has 0 amide bonds. The van der Waals surface area contributed by atoms with Crippen LogP contribution in [0.2, 0.25) is 0 Å². The second-order valence-corrected chi connectivity index (χ2v) is 3.52. The van der Waals surface area contributed by atoms with Crippen molar-refractivity contribution in [2.45, 2.75) is 6.92 Å². The largest absolute Gasteiger partial charge is 0.417 e. The summed E-state index contributed by atoms with van der Waals surface area (Å²) in [5.41, 5.74) is 2.28. The monoisotopic (exact) mass is 247 g/mol. The normalized spacial score (nSPS) is 13.7. The van der Waals surface area contributed by atoms with Gasteiger partial charge in [-0.2, -0.15) is 3.15 Å². The standard InChI is InChI=1S/C7H6INO/c1-5-2-3-7-6(4-5)9-8-10-7/h2-4H,1H3. The molecule has 0 atom stereocenters. The van der Waals surface area contributed by atoms with Gasteiger partial charge in [-0.15, -0.1) is 0 Å². The Morgan fingerprint density at radius 2 is 2.40 bits per heavy atom. The zero-order valence-corrected chi connectivity index (χ0v) is 7.62. The van der Waals surface area contributed by atoms with E-state index in [0.29, 0.717) is 0 Å². The first-order chi connectivity index (χ1) is 4.86. The zero-order chi connectivity index (χ0) is 6.97. The number of hydrogen-bond donors (Lipinski definition) is 0. The van der Waals surface area contributed by atoms with Crippen LogP contribution in [0.25, 0.3) is 0 Å². The molecule has 10 heavy (non-hydrogen) atoms. The van der Waals surface area contributed by atoms with Crippen molar-refractivity contribution in [3.8, 4) is 5.75 Å². The highest BCUT2D eigenvalue weighted by Gasteiger charge is 2.06. The predicted octanol–water partition coefficient (Wildman–Crippen LogP) is 3.09. The van der Waals surface area contributed by atoms with Crippen molar-refractivity contribution in [2.75, 3.05) is 0 Å². The first-order valence-electron chi connectivity index (χ1n) is 2.99. The van der Waals surface area contributed by atoms with Crippen LogP contribution in [0.3, 0.4) is 0 Å². The average Bonchev–Trinajstić information content (AvgIpc) is 2.33. The van der Waals surface area contributed by atoms with E-state index < -0.39 is 0 Å². The molecule has 0 aliphatic carbocycles. The van der Waals surface area contributed by atoms with Gasteiger partial charge in [-0.25, -0.2) is 0 Å². The van der Waals surface area contributed by atoms with E-state index >= 15 is 0 Å². The summed E-state index contributed by atoms with van der Waals surface area (Å²) in [5.74, 6) is 0.957. The van der Waals surface area contributed by atoms with Crippen molar-refractivity contribution in [3.05, 3.63) is 23.8 Å². The number of aryl methyl sites for hydroxylation is 1. The molecule has 2 rings (SSSR count). The summed E-state index contributed by atoms with van der Waals surface area (Å²) in [6, 6.07) is 6.09. The van der Waals surface area contributed by atoms with E-state index in [1.807, 2.05) is 12.1 Å². The van der Waals surface area contributed by atoms with Gasteiger partial charge >= 0.3 is 0 Å². The van der Waals surface area contributed by atoms with E-state index in [2.05, 4.69) is 16.1 Å². The summed E-state index contributed by atoms with van der Waals surface area (Å²) in [5, 5.41) is 0. The van der Waals surface area contributed by atoms with Crippen LogP contribution in [-0.4, -0.2) is 0 Å². The molecule has 0 saturated heterocycles. The lowest BCUT2D eigenvalue weighted by Crippen LogP contribution is -1.72. The van der Waals surface area contributed by atoms with Crippen LogP contribution in [-0.2, 0) is 0 Å². The average molecular weight is 247 g/mol. The Bertz CT molecular complexity index is 296. The van der Waals surface area contributed by atoms with Gasteiger partial charge in [0.05, 0.1) is 0 Å². The van der Waals surface area contributed by atoms with Crippen LogP contribution in [0.5, 0.6) is 5.75 Å². The molecule has 2 nitrogen and oxygen atoms in total. The van der Waals surface area contributed by atoms with Crippen molar-refractivity contribution >= 4 is 27.1 Å². The van der Waals surface area contributed by atoms with Crippen LogP contribution < -0.4 is 3.07 Å². The number of nitrogens with zero attached hydrogens (tertiary/aromatic N) is 1. The van der Waals surface area contributed by atoms with Gasteiger partial charge in [-0.1, -0.05) is 6.07 Å². The molecule has 1 heterocycles. The first-order valence-corrected chi connectivity index (χ1v) is 4.83. The minimum absolute atomic E-state index is 0.375. The molecular weight excluding hydrogens is 241 g/mol. The Hall–Kier alpha value is -0.450. The third kappa shape index (κ3) is 0.941. The fraction of sp³-hybridized carbons (Fsp3) is 0.143.